The van der Waals surface area contributed by atoms with E-state index < -0.39 is 48.0 Å². The lowest BCUT2D eigenvalue weighted by atomic mass is 10.0. The van der Waals surface area contributed by atoms with Crippen LogP contribution in [0.25, 0.3) is 9.40 Å². The molecule has 0 unspecified atom stereocenters. The molecule has 2 aliphatic rings. The van der Waals surface area contributed by atoms with Crippen LogP contribution in [-0.4, -0.2) is 82.0 Å². The lowest BCUT2D eigenvalue weighted by Gasteiger charge is -2.28. The van der Waals surface area contributed by atoms with Gasteiger partial charge in [-0.3, -0.25) is 28.8 Å². The third-order valence-electron chi connectivity index (χ3n) is 10.0. The number of carbonyl (C=O) groups is 7. The molecule has 300 valence electrons. The van der Waals surface area contributed by atoms with Gasteiger partial charge in [-0.05, 0) is 73.2 Å². The largest absolute Gasteiger partial charge is 0.465 e. The number of aldehydes is 1. The Morgan fingerprint density at radius 1 is 0.678 bits per heavy atom. The molecule has 0 saturated carbocycles. The molecule has 0 radical (unpaired) electrons. The molecule has 2 aromatic heterocycles. The maximum atomic E-state index is 13.6. The van der Waals surface area contributed by atoms with Gasteiger partial charge < -0.3 is 36.2 Å². The van der Waals surface area contributed by atoms with Crippen LogP contribution < -0.4 is 21.3 Å². The summed E-state index contributed by atoms with van der Waals surface area (Å²) >= 11 is 2.86. The van der Waals surface area contributed by atoms with Gasteiger partial charge in [0.1, 0.15) is 24.2 Å². The fourth-order valence-electron chi connectivity index (χ4n) is 7.26. The predicted molar refractivity (Wildman–Crippen MR) is 223 cm³/mol. The SMILES string of the molecule is O=CC(=O)N[C@@H](C(=O)N1CCC[C@H]1C(=O)Nc1ccc(C#Cc2cc3sc(NC(=O)[C@@H]4CCCN4C(=O)[C@H](NC(=O)O)c4ccccc4)cc3s2)cc1)c1ccccc1. The smallest absolute Gasteiger partial charge is 0.405 e. The first kappa shape index (κ1) is 40.4. The van der Waals surface area contributed by atoms with Gasteiger partial charge in [0.05, 0.1) is 9.88 Å². The number of likely N-dealkylation sites (tertiary alicyclic amines) is 2. The van der Waals surface area contributed by atoms with Crippen molar-refractivity contribution in [3.05, 3.63) is 119 Å². The van der Waals surface area contributed by atoms with E-state index in [2.05, 4.69) is 33.1 Å². The molecular formula is C43H38N6O8S2. The van der Waals surface area contributed by atoms with Crippen molar-refractivity contribution in [1.82, 2.24) is 20.4 Å². The molecule has 5 aromatic rings. The molecule has 3 aromatic carbocycles. The summed E-state index contributed by atoms with van der Waals surface area (Å²) in [6, 6.07) is 24.2. The number of hydrogen-bond donors (Lipinski definition) is 5. The first-order chi connectivity index (χ1) is 28.6. The van der Waals surface area contributed by atoms with Gasteiger partial charge in [-0.1, -0.05) is 72.5 Å². The molecule has 7 rings (SSSR count). The number of nitrogens with zero attached hydrogens (tertiary/aromatic N) is 2. The number of fused-ring (bicyclic) bond motifs is 1. The van der Waals surface area contributed by atoms with Gasteiger partial charge in [0.25, 0.3) is 11.8 Å². The normalized spacial score (nSPS) is 16.9. The number of amides is 6. The van der Waals surface area contributed by atoms with E-state index in [0.29, 0.717) is 66.2 Å². The van der Waals surface area contributed by atoms with E-state index in [9.17, 15) is 38.7 Å². The van der Waals surface area contributed by atoms with Crippen LogP contribution in [0.3, 0.4) is 0 Å². The fraction of sp³-hybridized carbons (Fsp3) is 0.233. The van der Waals surface area contributed by atoms with Crippen molar-refractivity contribution >= 4 is 84.7 Å². The van der Waals surface area contributed by atoms with Crippen molar-refractivity contribution < 1.29 is 38.7 Å². The summed E-state index contributed by atoms with van der Waals surface area (Å²) in [4.78, 5) is 92.2. The van der Waals surface area contributed by atoms with E-state index in [-0.39, 0.29) is 18.1 Å². The van der Waals surface area contributed by atoms with Gasteiger partial charge in [0.15, 0.2) is 0 Å². The van der Waals surface area contributed by atoms with Crippen LogP contribution in [0.2, 0.25) is 0 Å². The third kappa shape index (κ3) is 9.49. The van der Waals surface area contributed by atoms with Crippen molar-refractivity contribution in [2.45, 2.75) is 49.9 Å². The van der Waals surface area contributed by atoms with E-state index in [1.807, 2.05) is 12.1 Å². The van der Waals surface area contributed by atoms with E-state index in [1.165, 1.54) is 32.5 Å². The standard InChI is InChI=1S/C43H38N6O8S2/c50-25-35(51)45-37(27-9-3-1-4-10-27)41(54)48-21-7-13-31(48)39(52)44-29-18-15-26(16-19-29)17-20-30-23-33-34(58-30)24-36(59-33)46-40(53)32-14-8-22-49(32)42(55)38(47-43(56)57)28-11-5-2-6-12-28/h1-6,9-12,15-16,18-19,23-25,31-32,37-38,47H,7-8,13-14,21-22H2,(H,44,52)(H,45,51)(H,46,53)(H,56,57)/t31-,32-,37+,38+/m0/s1. The molecule has 2 saturated heterocycles. The second-order valence-corrected chi connectivity index (χ2v) is 16.1. The van der Waals surface area contributed by atoms with E-state index >= 15 is 0 Å². The van der Waals surface area contributed by atoms with Gasteiger partial charge in [-0.2, -0.15) is 0 Å². The highest BCUT2D eigenvalue weighted by molar-refractivity contribution is 7.30. The highest BCUT2D eigenvalue weighted by Gasteiger charge is 2.40. The maximum Gasteiger partial charge on any atom is 0.405 e. The van der Waals surface area contributed by atoms with Crippen LogP contribution in [0.4, 0.5) is 15.5 Å². The maximum absolute atomic E-state index is 13.6. The molecule has 16 heteroatoms. The zero-order valence-electron chi connectivity index (χ0n) is 31.4. The Balaban J connectivity index is 0.949. The second-order valence-electron chi connectivity index (χ2n) is 13.9. The van der Waals surface area contributed by atoms with Gasteiger partial charge in [0.2, 0.25) is 24.0 Å². The van der Waals surface area contributed by atoms with Crippen LogP contribution in [0.1, 0.15) is 59.3 Å². The molecule has 5 N–H and O–H groups in total. The number of thiophene rings is 2. The number of rotatable bonds is 11. The summed E-state index contributed by atoms with van der Waals surface area (Å²) in [5, 5.41) is 20.6. The summed E-state index contributed by atoms with van der Waals surface area (Å²) in [6.07, 6.45) is 0.898. The number of nitrogens with one attached hydrogen (secondary N) is 4. The minimum absolute atomic E-state index is 0.112. The number of benzene rings is 3. The van der Waals surface area contributed by atoms with Crippen molar-refractivity contribution in [3.63, 3.8) is 0 Å². The molecule has 6 amide bonds. The molecule has 0 bridgehead atoms. The van der Waals surface area contributed by atoms with Crippen molar-refractivity contribution in [2.24, 2.45) is 0 Å². The Morgan fingerprint density at radius 3 is 1.76 bits per heavy atom. The third-order valence-corrected chi connectivity index (χ3v) is 12.2. The average molecular weight is 831 g/mol. The van der Waals surface area contributed by atoms with Crippen molar-refractivity contribution in [2.75, 3.05) is 23.7 Å². The molecule has 14 nitrogen and oxygen atoms in total. The zero-order valence-corrected chi connectivity index (χ0v) is 33.0. The molecule has 2 fully saturated rings. The molecule has 2 aliphatic heterocycles. The molecule has 0 aliphatic carbocycles. The van der Waals surface area contributed by atoms with Gasteiger partial charge in [-0.15, -0.1) is 22.7 Å². The topological polar surface area (TPSA) is 194 Å². The zero-order chi connectivity index (χ0) is 41.5. The molecule has 59 heavy (non-hydrogen) atoms. The summed E-state index contributed by atoms with van der Waals surface area (Å²) in [5.74, 6) is 3.74. The molecule has 4 heterocycles. The Labute approximate surface area is 346 Å². The Kier molecular flexibility index (Phi) is 12.4. The number of carbonyl (C=O) groups excluding carboxylic acids is 6. The predicted octanol–water partition coefficient (Wildman–Crippen LogP) is 5.29. The summed E-state index contributed by atoms with van der Waals surface area (Å²) in [5.41, 5.74) is 2.23. The van der Waals surface area contributed by atoms with Crippen LogP contribution in [0.15, 0.2) is 97.1 Å². The number of carboxylic acid groups (broad SMARTS) is 1. The van der Waals surface area contributed by atoms with Gasteiger partial charge >= 0.3 is 6.09 Å². The quantitative estimate of drug-likeness (QED) is 0.0674. The van der Waals surface area contributed by atoms with Crippen molar-refractivity contribution in [1.29, 1.82) is 0 Å². The van der Waals surface area contributed by atoms with Crippen LogP contribution >= 0.6 is 22.7 Å². The Hall–Kier alpha value is -6.83. The molecular weight excluding hydrogens is 793 g/mol. The summed E-state index contributed by atoms with van der Waals surface area (Å²) in [7, 11) is 0. The minimum atomic E-state index is -1.33. The second kappa shape index (κ2) is 18.2. The van der Waals surface area contributed by atoms with Gasteiger partial charge in [0, 0.05) is 33.7 Å². The average Bonchev–Trinajstić information content (AvgIpc) is 4.07. The summed E-state index contributed by atoms with van der Waals surface area (Å²) in [6.45, 7) is 0.667. The number of anilines is 2. The van der Waals surface area contributed by atoms with Crippen molar-refractivity contribution in [3.8, 4) is 11.8 Å². The lowest BCUT2D eigenvalue weighted by molar-refractivity contribution is -0.141. The first-order valence-electron chi connectivity index (χ1n) is 18.8. The first-order valence-corrected chi connectivity index (χ1v) is 20.4. The fourth-order valence-corrected chi connectivity index (χ4v) is 9.42. The minimum Gasteiger partial charge on any atom is -0.465 e. The van der Waals surface area contributed by atoms with E-state index in [4.69, 9.17) is 0 Å². The van der Waals surface area contributed by atoms with Gasteiger partial charge in [-0.25, -0.2) is 4.79 Å². The van der Waals surface area contributed by atoms with Crippen LogP contribution in [0, 0.1) is 11.8 Å². The number of hydrogen-bond acceptors (Lipinski definition) is 9. The van der Waals surface area contributed by atoms with E-state index in [1.54, 1.807) is 84.9 Å². The van der Waals surface area contributed by atoms with E-state index in [0.717, 1.165) is 14.3 Å². The van der Waals surface area contributed by atoms with Crippen LogP contribution in [0.5, 0.6) is 0 Å². The Bertz CT molecular complexity index is 2430. The lowest BCUT2D eigenvalue weighted by Crippen LogP contribution is -2.48. The monoisotopic (exact) mass is 830 g/mol. The molecule has 4 atom stereocenters. The summed E-state index contributed by atoms with van der Waals surface area (Å²) < 4.78 is 1.87. The highest BCUT2D eigenvalue weighted by atomic mass is 32.1. The Morgan fingerprint density at radius 2 is 1.22 bits per heavy atom. The highest BCUT2D eigenvalue weighted by Crippen LogP contribution is 2.36. The molecule has 0 spiro atoms. The van der Waals surface area contributed by atoms with Crippen LogP contribution in [-0.2, 0) is 28.8 Å².